The summed E-state index contributed by atoms with van der Waals surface area (Å²) < 4.78 is 0. The van der Waals surface area contributed by atoms with Crippen LogP contribution >= 0.6 is 24.4 Å². The largest absolute Gasteiger partial charge is 2.00 e. The molecule has 0 N–H and O–H groups in total. The Balaban J connectivity index is 0.00000480. The van der Waals surface area contributed by atoms with Gasteiger partial charge in [-0.05, 0) is 0 Å². The molecule has 0 fully saturated rings. The molecular weight excluding hydrogens is 471 g/mol. The fraction of sp³-hybridized carbons (Fsp3) is 0.273. The van der Waals surface area contributed by atoms with Crippen LogP contribution in [0.15, 0.2) is 70.9 Å². The van der Waals surface area contributed by atoms with E-state index in [1.807, 2.05) is 98.7 Å². The van der Waals surface area contributed by atoms with Gasteiger partial charge in [0.1, 0.15) is 9.98 Å². The molecule has 0 saturated heterocycles. The van der Waals surface area contributed by atoms with Gasteiger partial charge in [-0.3, -0.25) is 0 Å². The first-order chi connectivity index (χ1) is 14.4. The van der Waals surface area contributed by atoms with E-state index in [1.165, 1.54) is 0 Å². The van der Waals surface area contributed by atoms with Crippen LogP contribution in [0.25, 0.3) is 10.9 Å². The van der Waals surface area contributed by atoms with Crippen LogP contribution < -0.4 is 0 Å². The predicted molar refractivity (Wildman–Crippen MR) is 135 cm³/mol. The molecule has 9 heteroatoms. The number of hydrogen-bond acceptors (Lipinski definition) is 4. The molecular formula is C22H26N6NiS2. The van der Waals surface area contributed by atoms with E-state index in [0.717, 1.165) is 11.1 Å². The van der Waals surface area contributed by atoms with E-state index in [2.05, 4.69) is 21.1 Å². The smallest absolute Gasteiger partial charge is 0.603 e. The van der Waals surface area contributed by atoms with E-state index in [0.29, 0.717) is 34.5 Å². The van der Waals surface area contributed by atoms with Crippen molar-refractivity contribution in [2.75, 3.05) is 41.3 Å². The third-order valence-electron chi connectivity index (χ3n) is 3.95. The molecule has 0 radical (unpaired) electrons. The topological polar surface area (TPSA) is 59.4 Å². The molecule has 0 bridgehead atoms. The molecule has 0 aromatic heterocycles. The maximum atomic E-state index is 5.49. The van der Waals surface area contributed by atoms with Crippen molar-refractivity contribution in [1.29, 1.82) is 0 Å². The van der Waals surface area contributed by atoms with Gasteiger partial charge in [-0.1, -0.05) is 85.1 Å². The molecule has 0 spiro atoms. The summed E-state index contributed by atoms with van der Waals surface area (Å²) in [4.78, 5) is 4.95. The average Bonchev–Trinajstić information content (AvgIpc) is 2.76. The Morgan fingerprint density at radius 1 is 0.677 bits per heavy atom. The van der Waals surface area contributed by atoms with Crippen LogP contribution in [0.4, 0.5) is 0 Å². The van der Waals surface area contributed by atoms with Gasteiger partial charge in [0.25, 0.3) is 0 Å². The first-order valence-corrected chi connectivity index (χ1v) is 10.3. The van der Waals surface area contributed by atoms with Crippen LogP contribution in [0.3, 0.4) is 0 Å². The van der Waals surface area contributed by atoms with Gasteiger partial charge in [-0.25, -0.2) is 0 Å². The van der Waals surface area contributed by atoms with Crippen LogP contribution in [0.1, 0.15) is 11.1 Å². The molecule has 0 aliphatic rings. The molecule has 6 nitrogen and oxygen atoms in total. The Labute approximate surface area is 205 Å². The molecule has 0 amide bonds. The van der Waals surface area contributed by atoms with E-state index >= 15 is 0 Å². The van der Waals surface area contributed by atoms with Crippen LogP contribution in [-0.4, -0.2) is 72.5 Å². The van der Waals surface area contributed by atoms with Gasteiger partial charge in [-0.2, -0.15) is 0 Å². The summed E-state index contributed by atoms with van der Waals surface area (Å²) in [5, 5.41) is 8.74. The van der Waals surface area contributed by atoms with Crippen molar-refractivity contribution in [3.05, 3.63) is 82.6 Å². The van der Waals surface area contributed by atoms with Gasteiger partial charge in [0.15, 0.2) is 0 Å². The Morgan fingerprint density at radius 3 is 1.29 bits per heavy atom. The Bertz CT molecular complexity index is 823. The van der Waals surface area contributed by atoms with E-state index < -0.39 is 0 Å². The summed E-state index contributed by atoms with van der Waals surface area (Å²) in [7, 11) is 7.57. The molecule has 0 aliphatic carbocycles. The van der Waals surface area contributed by atoms with E-state index in [-0.39, 0.29) is 16.5 Å². The minimum absolute atomic E-state index is 0. The maximum absolute atomic E-state index is 5.49. The first kappa shape index (κ1) is 26.7. The van der Waals surface area contributed by atoms with Gasteiger partial charge >= 0.3 is 16.5 Å². The predicted octanol–water partition coefficient (Wildman–Crippen LogP) is 4.32. The number of thiocarbonyl (C=S) groups is 2. The Hall–Kier alpha value is -2.35. The fourth-order valence-corrected chi connectivity index (χ4v) is 2.71. The Kier molecular flexibility index (Phi) is 11.9. The molecule has 2 aromatic carbocycles. The summed E-state index contributed by atoms with van der Waals surface area (Å²) in [6, 6.07) is 19.6. The molecule has 0 atom stereocenters. The van der Waals surface area contributed by atoms with Crippen molar-refractivity contribution in [3.8, 4) is 0 Å². The number of rotatable bonds is 9. The van der Waals surface area contributed by atoms with Gasteiger partial charge in [-0.15, -0.1) is 13.1 Å². The number of hydrogen-bond donors (Lipinski definition) is 0. The molecule has 166 valence electrons. The quantitative estimate of drug-likeness (QED) is 0.170. The molecule has 0 saturated carbocycles. The third kappa shape index (κ3) is 8.36. The fourth-order valence-electron chi connectivity index (χ4n) is 2.39. The molecule has 2 rings (SSSR count). The second-order valence-corrected chi connectivity index (χ2v) is 7.53. The second-order valence-electron chi connectivity index (χ2n) is 6.76. The van der Waals surface area contributed by atoms with Crippen molar-refractivity contribution in [1.82, 2.24) is 9.80 Å². The van der Waals surface area contributed by atoms with E-state index in [4.69, 9.17) is 24.4 Å². The minimum Gasteiger partial charge on any atom is -0.603 e. The van der Waals surface area contributed by atoms with Crippen LogP contribution in [0.5, 0.6) is 0 Å². The third-order valence-corrected chi connectivity index (χ3v) is 5.07. The Morgan fingerprint density at radius 2 is 1.00 bits per heavy atom. The normalized spacial score (nSPS) is 11.2. The van der Waals surface area contributed by atoms with Crippen molar-refractivity contribution in [3.63, 3.8) is 0 Å². The molecule has 31 heavy (non-hydrogen) atoms. The van der Waals surface area contributed by atoms with Gasteiger partial charge in [0.05, 0.1) is 11.4 Å². The summed E-state index contributed by atoms with van der Waals surface area (Å²) in [5.41, 5.74) is 11.7. The molecule has 0 aliphatic heterocycles. The van der Waals surface area contributed by atoms with Crippen molar-refractivity contribution in [2.24, 2.45) is 10.2 Å². The molecule has 0 unspecified atom stereocenters. The summed E-state index contributed by atoms with van der Waals surface area (Å²) in [5.74, 6) is 0. The van der Waals surface area contributed by atoms with Crippen molar-refractivity contribution >= 4 is 45.8 Å². The number of likely N-dealkylation sites (N-methyl/N-ethyl adjacent to an activating group) is 2. The molecule has 0 heterocycles. The summed E-state index contributed by atoms with van der Waals surface area (Å²) in [6.07, 6.45) is 0. The first-order valence-electron chi connectivity index (χ1n) is 9.45. The zero-order chi connectivity index (χ0) is 21.9. The standard InChI is InChI=1S/C22H28N6S2.Ni/c1-27(2)21(29)19(17-11-7-5-8-12-17)25-23-15-16-24-26-20(22(30)28(3)4)18-13-9-6-10-14-18;/h5-14H,15-16H2,1-4H3,(H2,23,24,29,30);/q;+2/p-2. The average molecular weight is 497 g/mol. The van der Waals surface area contributed by atoms with Gasteiger partial charge < -0.3 is 30.9 Å². The summed E-state index contributed by atoms with van der Waals surface area (Å²) >= 11 is 11.0. The SMILES string of the molecule is CN(C)C(=S)/C(=N\[N-]CC[N-]/N=C(\C(=S)N(C)C)c1ccccc1)c1ccccc1.[Ni+2]. The monoisotopic (exact) mass is 496 g/mol. The van der Waals surface area contributed by atoms with Crippen LogP contribution in [-0.2, 0) is 16.5 Å². The van der Waals surface area contributed by atoms with Gasteiger partial charge in [0.2, 0.25) is 0 Å². The number of nitrogens with zero attached hydrogens (tertiary/aromatic N) is 6. The van der Waals surface area contributed by atoms with Crippen molar-refractivity contribution in [2.45, 2.75) is 0 Å². The summed E-state index contributed by atoms with van der Waals surface area (Å²) in [6.45, 7) is 0.791. The number of benzene rings is 2. The zero-order valence-corrected chi connectivity index (χ0v) is 20.6. The molecule has 2 aromatic rings. The van der Waals surface area contributed by atoms with E-state index in [1.54, 1.807) is 0 Å². The van der Waals surface area contributed by atoms with Crippen LogP contribution in [0.2, 0.25) is 0 Å². The zero-order valence-electron chi connectivity index (χ0n) is 18.0. The minimum atomic E-state index is 0. The van der Waals surface area contributed by atoms with Gasteiger partial charge in [0, 0.05) is 39.3 Å². The van der Waals surface area contributed by atoms with E-state index in [9.17, 15) is 0 Å². The second kappa shape index (κ2) is 13.9. The maximum Gasteiger partial charge on any atom is 2.00 e. The van der Waals surface area contributed by atoms with Crippen LogP contribution in [0, 0.1) is 0 Å². The van der Waals surface area contributed by atoms with Crippen molar-refractivity contribution < 1.29 is 16.5 Å².